The van der Waals surface area contributed by atoms with E-state index in [-0.39, 0.29) is 12.7 Å². The van der Waals surface area contributed by atoms with Gasteiger partial charge >= 0.3 is 0 Å². The van der Waals surface area contributed by atoms with Crippen LogP contribution in [0.4, 0.5) is 0 Å². The zero-order chi connectivity index (χ0) is 19.5. The van der Waals surface area contributed by atoms with E-state index in [9.17, 15) is 4.79 Å². The van der Waals surface area contributed by atoms with Crippen molar-refractivity contribution in [1.82, 2.24) is 9.88 Å². The van der Waals surface area contributed by atoms with Crippen molar-refractivity contribution in [2.24, 2.45) is 0 Å². The number of hydrogen-bond acceptors (Lipinski definition) is 5. The molecule has 0 atom stereocenters. The fraction of sp³-hybridized carbons (Fsp3) is 0.238. The minimum atomic E-state index is 0.00941. The van der Waals surface area contributed by atoms with Crippen LogP contribution in [-0.2, 0) is 17.8 Å². The number of benzene rings is 2. The van der Waals surface area contributed by atoms with Crippen molar-refractivity contribution in [1.29, 1.82) is 0 Å². The van der Waals surface area contributed by atoms with Gasteiger partial charge in [0.25, 0.3) is 0 Å². The molecule has 1 aliphatic heterocycles. The molecule has 6 nitrogen and oxygen atoms in total. The van der Waals surface area contributed by atoms with Gasteiger partial charge < -0.3 is 18.8 Å². The molecule has 7 heteroatoms. The number of fused-ring (bicyclic) bond motifs is 1. The highest BCUT2D eigenvalue weighted by molar-refractivity contribution is 6.33. The Balaban J connectivity index is 1.33. The summed E-state index contributed by atoms with van der Waals surface area (Å²) < 4.78 is 16.4. The van der Waals surface area contributed by atoms with Crippen LogP contribution >= 0.6 is 11.6 Å². The van der Waals surface area contributed by atoms with E-state index in [2.05, 4.69) is 4.98 Å². The van der Waals surface area contributed by atoms with Crippen molar-refractivity contribution in [2.45, 2.75) is 19.4 Å². The quantitative estimate of drug-likeness (QED) is 0.618. The van der Waals surface area contributed by atoms with Crippen LogP contribution in [0.1, 0.15) is 17.9 Å². The predicted molar refractivity (Wildman–Crippen MR) is 104 cm³/mol. The fourth-order valence-electron chi connectivity index (χ4n) is 3.02. The lowest BCUT2D eigenvalue weighted by molar-refractivity contribution is -0.130. The van der Waals surface area contributed by atoms with Crippen LogP contribution in [0.15, 0.2) is 53.1 Å². The number of nitrogens with zero attached hydrogens (tertiary/aromatic N) is 2. The lowest BCUT2D eigenvalue weighted by Crippen LogP contribution is -2.26. The number of ether oxygens (including phenoxy) is 2. The zero-order valence-electron chi connectivity index (χ0n) is 15.4. The molecule has 0 aliphatic carbocycles. The second-order valence-corrected chi connectivity index (χ2v) is 6.94. The second-order valence-electron chi connectivity index (χ2n) is 6.54. The minimum Gasteiger partial charge on any atom is -0.454 e. The van der Waals surface area contributed by atoms with Crippen LogP contribution in [0.3, 0.4) is 0 Å². The molecule has 1 aliphatic rings. The van der Waals surface area contributed by atoms with Crippen LogP contribution in [0, 0.1) is 0 Å². The first-order chi connectivity index (χ1) is 13.6. The lowest BCUT2D eigenvalue weighted by atomic mass is 10.2. The Morgan fingerprint density at radius 2 is 2.00 bits per heavy atom. The summed E-state index contributed by atoms with van der Waals surface area (Å²) in [6.07, 6.45) is 2.37. The van der Waals surface area contributed by atoms with E-state index in [1.54, 1.807) is 24.2 Å². The average Bonchev–Trinajstić information content (AvgIpc) is 3.35. The first-order valence-corrected chi connectivity index (χ1v) is 9.30. The molecule has 3 aromatic rings. The van der Waals surface area contributed by atoms with Crippen molar-refractivity contribution < 1.29 is 18.7 Å². The Kier molecular flexibility index (Phi) is 5.21. The number of aromatic nitrogens is 1. The molecule has 0 saturated heterocycles. The predicted octanol–water partition coefficient (Wildman–Crippen LogP) is 4.31. The molecule has 2 heterocycles. The Bertz CT molecular complexity index is 1000. The maximum Gasteiger partial charge on any atom is 0.231 e. The topological polar surface area (TPSA) is 64.8 Å². The van der Waals surface area contributed by atoms with Crippen molar-refractivity contribution in [3.63, 3.8) is 0 Å². The molecular formula is C21H19ClN2O4. The van der Waals surface area contributed by atoms with Gasteiger partial charge in [-0.25, -0.2) is 4.98 Å². The summed E-state index contributed by atoms with van der Waals surface area (Å²) in [5.74, 6) is 2.57. The highest BCUT2D eigenvalue weighted by Crippen LogP contribution is 2.33. The Labute approximate surface area is 167 Å². The Morgan fingerprint density at radius 1 is 1.18 bits per heavy atom. The number of amides is 1. The SMILES string of the molecule is CN(Cc1ccc2c(c1)OCO2)C(=O)CCc1ncc(-c2ccccc2Cl)o1. The monoisotopic (exact) mass is 398 g/mol. The van der Waals surface area contributed by atoms with Gasteiger partial charge in [0.05, 0.1) is 11.2 Å². The lowest BCUT2D eigenvalue weighted by Gasteiger charge is -2.17. The normalized spacial score (nSPS) is 12.2. The van der Waals surface area contributed by atoms with Gasteiger partial charge in [0.15, 0.2) is 23.1 Å². The van der Waals surface area contributed by atoms with Crippen molar-refractivity contribution in [3.8, 4) is 22.8 Å². The summed E-state index contributed by atoms with van der Waals surface area (Å²) in [5.41, 5.74) is 1.77. The molecule has 0 radical (unpaired) electrons. The van der Waals surface area contributed by atoms with E-state index >= 15 is 0 Å². The number of carbonyl (C=O) groups is 1. The molecule has 4 rings (SSSR count). The van der Waals surface area contributed by atoms with E-state index < -0.39 is 0 Å². The summed E-state index contributed by atoms with van der Waals surface area (Å²) >= 11 is 6.18. The van der Waals surface area contributed by atoms with Gasteiger partial charge in [-0.2, -0.15) is 0 Å². The minimum absolute atomic E-state index is 0.00941. The maximum atomic E-state index is 12.5. The first kappa shape index (κ1) is 18.4. The molecule has 1 aromatic heterocycles. The van der Waals surface area contributed by atoms with E-state index in [1.807, 2.05) is 36.4 Å². The smallest absolute Gasteiger partial charge is 0.231 e. The third-order valence-corrected chi connectivity index (χ3v) is 4.86. The van der Waals surface area contributed by atoms with E-state index in [0.29, 0.717) is 41.8 Å². The van der Waals surface area contributed by atoms with Gasteiger partial charge in [-0.15, -0.1) is 0 Å². The van der Waals surface area contributed by atoms with Crippen LogP contribution < -0.4 is 9.47 Å². The van der Waals surface area contributed by atoms with Gasteiger partial charge in [-0.1, -0.05) is 29.8 Å². The number of aryl methyl sites for hydroxylation is 1. The molecule has 28 heavy (non-hydrogen) atoms. The van der Waals surface area contributed by atoms with Gasteiger partial charge in [0.1, 0.15) is 0 Å². The number of halogens is 1. The highest BCUT2D eigenvalue weighted by Gasteiger charge is 2.16. The van der Waals surface area contributed by atoms with Crippen LogP contribution in [-0.4, -0.2) is 29.6 Å². The average molecular weight is 399 g/mol. The molecule has 2 aromatic carbocycles. The first-order valence-electron chi connectivity index (χ1n) is 8.92. The summed E-state index contributed by atoms with van der Waals surface area (Å²) in [5, 5.41) is 0.602. The molecule has 0 saturated carbocycles. The van der Waals surface area contributed by atoms with Crippen LogP contribution in [0.25, 0.3) is 11.3 Å². The Morgan fingerprint density at radius 3 is 2.86 bits per heavy atom. The van der Waals surface area contributed by atoms with Crippen LogP contribution in [0.5, 0.6) is 11.5 Å². The molecular weight excluding hydrogens is 380 g/mol. The number of hydrogen-bond donors (Lipinski definition) is 0. The molecule has 1 amide bonds. The van der Waals surface area contributed by atoms with E-state index in [0.717, 1.165) is 16.9 Å². The molecule has 0 fully saturated rings. The largest absolute Gasteiger partial charge is 0.454 e. The third-order valence-electron chi connectivity index (χ3n) is 4.53. The number of rotatable bonds is 6. The second kappa shape index (κ2) is 7.94. The summed E-state index contributed by atoms with van der Waals surface area (Å²) in [4.78, 5) is 18.4. The third kappa shape index (κ3) is 3.97. The highest BCUT2D eigenvalue weighted by atomic mass is 35.5. The van der Waals surface area contributed by atoms with E-state index in [4.69, 9.17) is 25.5 Å². The van der Waals surface area contributed by atoms with Crippen molar-refractivity contribution in [3.05, 3.63) is 65.1 Å². The molecule has 0 N–H and O–H groups in total. The van der Waals surface area contributed by atoms with Gasteiger partial charge in [0.2, 0.25) is 12.7 Å². The maximum absolute atomic E-state index is 12.5. The van der Waals surface area contributed by atoms with Crippen molar-refractivity contribution in [2.75, 3.05) is 13.8 Å². The summed E-state index contributed by atoms with van der Waals surface area (Å²) in [6, 6.07) is 13.1. The molecule has 144 valence electrons. The fourth-order valence-corrected chi connectivity index (χ4v) is 3.25. The Hall–Kier alpha value is -2.99. The van der Waals surface area contributed by atoms with Crippen molar-refractivity contribution >= 4 is 17.5 Å². The molecule has 0 spiro atoms. The molecule has 0 unspecified atom stereocenters. The van der Waals surface area contributed by atoms with Crippen LogP contribution in [0.2, 0.25) is 5.02 Å². The van der Waals surface area contributed by atoms with Gasteiger partial charge in [-0.3, -0.25) is 4.79 Å². The van der Waals surface area contributed by atoms with Gasteiger partial charge in [0, 0.05) is 32.0 Å². The standard InChI is InChI=1S/C21H19ClN2O4/c1-24(12-14-6-7-17-18(10-14)27-13-26-17)21(25)9-8-20-23-11-19(28-20)15-4-2-3-5-16(15)22/h2-7,10-11H,8-9,12-13H2,1H3. The zero-order valence-corrected chi connectivity index (χ0v) is 16.1. The molecule has 0 bridgehead atoms. The summed E-state index contributed by atoms with van der Waals surface area (Å²) in [6.45, 7) is 0.728. The van der Waals surface area contributed by atoms with Gasteiger partial charge in [-0.05, 0) is 29.8 Å². The van der Waals surface area contributed by atoms with E-state index in [1.165, 1.54) is 0 Å². The number of carbonyl (C=O) groups excluding carboxylic acids is 1. The number of oxazole rings is 1. The summed E-state index contributed by atoms with van der Waals surface area (Å²) in [7, 11) is 1.78.